The van der Waals surface area contributed by atoms with E-state index in [-0.39, 0.29) is 0 Å². The molecular weight excluding hydrogens is 212 g/mol. The molecule has 2 heterocycles. The van der Waals surface area contributed by atoms with Gasteiger partial charge in [-0.1, -0.05) is 13.3 Å². The van der Waals surface area contributed by atoms with Gasteiger partial charge in [-0.3, -0.25) is 9.58 Å². The number of likely N-dealkylation sites (tertiary alicyclic amines) is 1. The Labute approximate surface area is 104 Å². The van der Waals surface area contributed by atoms with E-state index in [9.17, 15) is 0 Å². The van der Waals surface area contributed by atoms with Crippen molar-refractivity contribution in [2.75, 3.05) is 19.6 Å². The van der Waals surface area contributed by atoms with Gasteiger partial charge >= 0.3 is 0 Å². The van der Waals surface area contributed by atoms with Gasteiger partial charge in [-0.05, 0) is 31.8 Å². The molecule has 0 amide bonds. The van der Waals surface area contributed by atoms with E-state index >= 15 is 0 Å². The third-order valence-corrected chi connectivity index (χ3v) is 4.00. The predicted molar refractivity (Wildman–Crippen MR) is 69.6 cm³/mol. The average Bonchev–Trinajstić information content (AvgIpc) is 2.78. The second kappa shape index (κ2) is 5.65. The number of aromatic nitrogens is 2. The van der Waals surface area contributed by atoms with Crippen molar-refractivity contribution in [2.45, 2.75) is 32.2 Å². The lowest BCUT2D eigenvalue weighted by molar-refractivity contribution is 0.134. The molecule has 0 aliphatic carbocycles. The Bertz CT molecular complexity index is 339. The minimum absolute atomic E-state index is 0.349. The number of nitrogens with zero attached hydrogens (tertiary/aromatic N) is 3. The first-order valence-electron chi connectivity index (χ1n) is 6.67. The highest BCUT2D eigenvalue weighted by molar-refractivity contribution is 5.11. The first kappa shape index (κ1) is 12.6. The van der Waals surface area contributed by atoms with E-state index in [1.807, 2.05) is 17.9 Å². The van der Waals surface area contributed by atoms with Gasteiger partial charge in [0.2, 0.25) is 0 Å². The van der Waals surface area contributed by atoms with Gasteiger partial charge in [0.15, 0.2) is 0 Å². The normalized spacial score (nSPS) is 20.6. The summed E-state index contributed by atoms with van der Waals surface area (Å²) in [6.45, 7) is 5.33. The standard InChI is InChI=1S/C13H24N4/c1-3-11-4-6-17(7-5-11)13(8-14)12-9-15-16(2)10-12/h9-11,13H,3-8,14H2,1-2H3. The molecule has 2 N–H and O–H groups in total. The van der Waals surface area contributed by atoms with Crippen molar-refractivity contribution in [2.24, 2.45) is 18.7 Å². The van der Waals surface area contributed by atoms with E-state index < -0.39 is 0 Å². The third-order valence-electron chi connectivity index (χ3n) is 4.00. The molecule has 1 saturated heterocycles. The van der Waals surface area contributed by atoms with Gasteiger partial charge < -0.3 is 5.73 Å². The Morgan fingerprint density at radius 2 is 2.18 bits per heavy atom. The molecule has 1 aromatic rings. The van der Waals surface area contributed by atoms with E-state index in [0.717, 1.165) is 5.92 Å². The van der Waals surface area contributed by atoms with Crippen LogP contribution in [-0.2, 0) is 7.05 Å². The summed E-state index contributed by atoms with van der Waals surface area (Å²) in [6.07, 6.45) is 7.97. The Kier molecular flexibility index (Phi) is 4.18. The van der Waals surface area contributed by atoms with Crippen molar-refractivity contribution in [3.05, 3.63) is 18.0 Å². The zero-order valence-electron chi connectivity index (χ0n) is 11.0. The van der Waals surface area contributed by atoms with Crippen LogP contribution in [0.25, 0.3) is 0 Å². The van der Waals surface area contributed by atoms with Crippen LogP contribution < -0.4 is 5.73 Å². The summed E-state index contributed by atoms with van der Waals surface area (Å²) < 4.78 is 1.86. The van der Waals surface area contributed by atoms with Crippen LogP contribution >= 0.6 is 0 Å². The SMILES string of the molecule is CCC1CCN(C(CN)c2cnn(C)c2)CC1. The second-order valence-electron chi connectivity index (χ2n) is 5.09. The molecule has 4 nitrogen and oxygen atoms in total. The van der Waals surface area contributed by atoms with E-state index in [0.29, 0.717) is 12.6 Å². The van der Waals surface area contributed by atoms with E-state index in [4.69, 9.17) is 5.73 Å². The van der Waals surface area contributed by atoms with Crippen molar-refractivity contribution in [3.63, 3.8) is 0 Å². The summed E-state index contributed by atoms with van der Waals surface area (Å²) >= 11 is 0. The monoisotopic (exact) mass is 236 g/mol. The minimum atomic E-state index is 0.349. The van der Waals surface area contributed by atoms with Crippen LogP contribution in [0.4, 0.5) is 0 Å². The first-order valence-corrected chi connectivity index (χ1v) is 6.67. The number of aryl methyl sites for hydroxylation is 1. The van der Waals surface area contributed by atoms with Crippen LogP contribution in [0.15, 0.2) is 12.4 Å². The van der Waals surface area contributed by atoms with Gasteiger partial charge in [0.25, 0.3) is 0 Å². The molecule has 1 aliphatic heterocycles. The maximum Gasteiger partial charge on any atom is 0.0538 e. The molecule has 0 radical (unpaired) electrons. The minimum Gasteiger partial charge on any atom is -0.329 e. The summed E-state index contributed by atoms with van der Waals surface area (Å²) in [5, 5.41) is 4.25. The Morgan fingerprint density at radius 3 is 2.65 bits per heavy atom. The van der Waals surface area contributed by atoms with Crippen LogP contribution in [0.2, 0.25) is 0 Å². The van der Waals surface area contributed by atoms with Gasteiger partial charge in [0.1, 0.15) is 0 Å². The highest BCUT2D eigenvalue weighted by Gasteiger charge is 2.25. The van der Waals surface area contributed by atoms with Crippen LogP contribution in [0.1, 0.15) is 37.8 Å². The largest absolute Gasteiger partial charge is 0.329 e. The molecule has 0 aromatic carbocycles. The van der Waals surface area contributed by atoms with Gasteiger partial charge in [0, 0.05) is 25.4 Å². The molecule has 96 valence electrons. The molecular formula is C13H24N4. The van der Waals surface area contributed by atoms with E-state index in [1.165, 1.54) is 37.9 Å². The molecule has 0 spiro atoms. The van der Waals surface area contributed by atoms with Gasteiger partial charge in [-0.25, -0.2) is 0 Å². The zero-order valence-corrected chi connectivity index (χ0v) is 11.0. The summed E-state index contributed by atoms with van der Waals surface area (Å²) in [4.78, 5) is 2.52. The molecule has 0 saturated carbocycles. The molecule has 1 atom stereocenters. The topological polar surface area (TPSA) is 47.1 Å². The van der Waals surface area contributed by atoms with Gasteiger partial charge in [-0.2, -0.15) is 5.10 Å². The Hall–Kier alpha value is -0.870. The molecule has 1 aliphatic rings. The maximum atomic E-state index is 5.93. The number of nitrogens with two attached hydrogens (primary N) is 1. The maximum absolute atomic E-state index is 5.93. The molecule has 17 heavy (non-hydrogen) atoms. The molecule has 0 bridgehead atoms. The van der Waals surface area contributed by atoms with E-state index in [2.05, 4.69) is 23.1 Å². The summed E-state index contributed by atoms with van der Waals surface area (Å²) in [5.41, 5.74) is 7.19. The van der Waals surface area contributed by atoms with Crippen molar-refractivity contribution in [1.82, 2.24) is 14.7 Å². The average molecular weight is 236 g/mol. The summed E-state index contributed by atoms with van der Waals surface area (Å²) in [5.74, 6) is 0.915. The van der Waals surface area contributed by atoms with Gasteiger partial charge in [0.05, 0.1) is 12.2 Å². The lowest BCUT2D eigenvalue weighted by atomic mass is 9.93. The van der Waals surface area contributed by atoms with Gasteiger partial charge in [-0.15, -0.1) is 0 Å². The molecule has 1 unspecified atom stereocenters. The lowest BCUT2D eigenvalue weighted by Gasteiger charge is -2.36. The van der Waals surface area contributed by atoms with Crippen LogP contribution in [0, 0.1) is 5.92 Å². The Balaban J connectivity index is 2.00. The molecule has 2 rings (SSSR count). The fourth-order valence-corrected chi connectivity index (χ4v) is 2.78. The smallest absolute Gasteiger partial charge is 0.0538 e. The fraction of sp³-hybridized carbons (Fsp3) is 0.769. The van der Waals surface area contributed by atoms with Crippen LogP contribution in [-0.4, -0.2) is 34.3 Å². The number of hydrogen-bond donors (Lipinski definition) is 1. The van der Waals surface area contributed by atoms with E-state index in [1.54, 1.807) is 0 Å². The highest BCUT2D eigenvalue weighted by Crippen LogP contribution is 2.27. The predicted octanol–water partition coefficient (Wildman–Crippen LogP) is 1.54. The summed E-state index contributed by atoms with van der Waals surface area (Å²) in [6, 6.07) is 0.349. The van der Waals surface area contributed by atoms with Crippen molar-refractivity contribution < 1.29 is 0 Å². The second-order valence-corrected chi connectivity index (χ2v) is 5.09. The third kappa shape index (κ3) is 2.87. The Morgan fingerprint density at radius 1 is 1.47 bits per heavy atom. The fourth-order valence-electron chi connectivity index (χ4n) is 2.78. The van der Waals surface area contributed by atoms with Crippen molar-refractivity contribution in [3.8, 4) is 0 Å². The summed E-state index contributed by atoms with van der Waals surface area (Å²) in [7, 11) is 1.96. The van der Waals surface area contributed by atoms with Crippen LogP contribution in [0.5, 0.6) is 0 Å². The molecule has 1 aromatic heterocycles. The van der Waals surface area contributed by atoms with Crippen LogP contribution in [0.3, 0.4) is 0 Å². The number of rotatable bonds is 4. The van der Waals surface area contributed by atoms with Crippen molar-refractivity contribution >= 4 is 0 Å². The van der Waals surface area contributed by atoms with Crippen molar-refractivity contribution in [1.29, 1.82) is 0 Å². The molecule has 4 heteroatoms. The lowest BCUT2D eigenvalue weighted by Crippen LogP contribution is -2.39. The number of piperidine rings is 1. The first-order chi connectivity index (χ1) is 8.24. The quantitative estimate of drug-likeness (QED) is 0.862. The highest BCUT2D eigenvalue weighted by atomic mass is 15.3. The number of hydrogen-bond acceptors (Lipinski definition) is 3. The molecule has 1 fully saturated rings. The zero-order chi connectivity index (χ0) is 12.3.